The number of Topliss-reactive ketones (excluding diaryl/α,β-unsaturated/α-hetero) is 1. The van der Waals surface area contributed by atoms with E-state index < -0.39 is 6.03 Å². The summed E-state index contributed by atoms with van der Waals surface area (Å²) >= 11 is 0. The Hall–Kier alpha value is -2.17. The third kappa shape index (κ3) is 2.43. The second kappa shape index (κ2) is 5.07. The van der Waals surface area contributed by atoms with Crippen molar-refractivity contribution < 1.29 is 14.4 Å². The fourth-order valence-electron chi connectivity index (χ4n) is 2.31. The van der Waals surface area contributed by atoms with Crippen LogP contribution < -0.4 is 0 Å². The van der Waals surface area contributed by atoms with Crippen LogP contribution in [-0.4, -0.2) is 47.7 Å². The monoisotopic (exact) mass is 274 g/mol. The first kappa shape index (κ1) is 14.2. The van der Waals surface area contributed by atoms with Crippen LogP contribution in [0, 0.1) is 20.8 Å². The minimum Gasteiger partial charge on any atom is -0.318 e. The summed E-state index contributed by atoms with van der Waals surface area (Å²) in [7, 11) is 1.55. The number of carbonyl (C=O) groups excluding carboxylic acids is 3. The number of urea groups is 1. The third-order valence-electron chi connectivity index (χ3n) is 3.67. The fraction of sp³-hybridized carbons (Fsp3) is 0.400. The first-order valence-corrected chi connectivity index (χ1v) is 6.47. The van der Waals surface area contributed by atoms with Gasteiger partial charge in [-0.25, -0.2) is 4.79 Å². The molecule has 0 atom stereocenters. The second-order valence-electron chi connectivity index (χ2n) is 5.29. The van der Waals surface area contributed by atoms with E-state index in [1.165, 1.54) is 4.90 Å². The maximum Gasteiger partial charge on any atom is 0.327 e. The van der Waals surface area contributed by atoms with E-state index in [0.29, 0.717) is 5.56 Å². The minimum atomic E-state index is -0.412. The number of ketones is 1. The van der Waals surface area contributed by atoms with Crippen molar-refractivity contribution in [2.24, 2.45) is 0 Å². The van der Waals surface area contributed by atoms with Crippen molar-refractivity contribution in [3.8, 4) is 0 Å². The average molecular weight is 274 g/mol. The molecule has 0 spiro atoms. The maximum atomic E-state index is 12.3. The van der Waals surface area contributed by atoms with Gasteiger partial charge in [0.25, 0.3) is 5.91 Å². The number of nitrogens with zero attached hydrogens (tertiary/aromatic N) is 2. The summed E-state index contributed by atoms with van der Waals surface area (Å²) in [6.07, 6.45) is 0. The molecular formula is C15H18N2O3. The molecule has 1 fully saturated rings. The number of rotatable bonds is 3. The number of imide groups is 1. The highest BCUT2D eigenvalue weighted by molar-refractivity contribution is 6.08. The van der Waals surface area contributed by atoms with Gasteiger partial charge in [0.05, 0.1) is 6.54 Å². The van der Waals surface area contributed by atoms with Crippen LogP contribution in [0.25, 0.3) is 0 Å². The van der Waals surface area contributed by atoms with Gasteiger partial charge in [-0.2, -0.15) is 0 Å². The molecule has 1 aromatic carbocycles. The van der Waals surface area contributed by atoms with Crippen LogP contribution in [-0.2, 0) is 4.79 Å². The number of hydrogen-bond acceptors (Lipinski definition) is 3. The van der Waals surface area contributed by atoms with Gasteiger partial charge in [-0.1, -0.05) is 6.07 Å². The molecule has 0 saturated carbocycles. The van der Waals surface area contributed by atoms with Crippen molar-refractivity contribution >= 4 is 17.7 Å². The molecule has 1 saturated heterocycles. The van der Waals surface area contributed by atoms with Crippen LogP contribution in [0.1, 0.15) is 27.0 Å². The summed E-state index contributed by atoms with van der Waals surface area (Å²) in [6.45, 7) is 5.63. The molecule has 0 aliphatic carbocycles. The standard InChI is InChI=1S/C15H18N2O3/c1-9-5-11(3)12(6-10(9)2)13(18)7-17-14(19)8-16(4)15(17)20/h5-6H,7-8H2,1-4H3. The Bertz CT molecular complexity index is 607. The SMILES string of the molecule is Cc1cc(C)c(C(=O)CN2C(=O)CN(C)C2=O)cc1C. The first-order valence-electron chi connectivity index (χ1n) is 6.47. The Balaban J connectivity index is 2.23. The van der Waals surface area contributed by atoms with Crippen LogP contribution in [0.15, 0.2) is 12.1 Å². The second-order valence-corrected chi connectivity index (χ2v) is 5.29. The van der Waals surface area contributed by atoms with E-state index in [4.69, 9.17) is 0 Å². The summed E-state index contributed by atoms with van der Waals surface area (Å²) in [6, 6.07) is 3.36. The topological polar surface area (TPSA) is 57.7 Å². The minimum absolute atomic E-state index is 0.0397. The Labute approximate surface area is 118 Å². The summed E-state index contributed by atoms with van der Waals surface area (Å²) in [5.41, 5.74) is 3.58. The third-order valence-corrected chi connectivity index (χ3v) is 3.67. The molecule has 1 aromatic rings. The molecule has 0 radical (unpaired) electrons. The largest absolute Gasteiger partial charge is 0.327 e. The van der Waals surface area contributed by atoms with Crippen molar-refractivity contribution in [1.82, 2.24) is 9.80 Å². The highest BCUT2D eigenvalue weighted by Crippen LogP contribution is 2.17. The van der Waals surface area contributed by atoms with Crippen LogP contribution in [0.3, 0.4) is 0 Å². The van der Waals surface area contributed by atoms with Gasteiger partial charge in [-0.15, -0.1) is 0 Å². The molecule has 20 heavy (non-hydrogen) atoms. The lowest BCUT2D eigenvalue weighted by molar-refractivity contribution is -0.125. The van der Waals surface area contributed by atoms with E-state index in [1.807, 2.05) is 32.9 Å². The van der Waals surface area contributed by atoms with Gasteiger partial charge in [0.1, 0.15) is 6.54 Å². The van der Waals surface area contributed by atoms with Crippen molar-refractivity contribution in [2.45, 2.75) is 20.8 Å². The molecule has 5 heteroatoms. The maximum absolute atomic E-state index is 12.3. The number of aryl methyl sites for hydroxylation is 3. The molecule has 2 rings (SSSR count). The normalized spacial score (nSPS) is 15.2. The van der Waals surface area contributed by atoms with Gasteiger partial charge in [0, 0.05) is 12.6 Å². The number of likely N-dealkylation sites (N-methyl/N-ethyl adjacent to an activating group) is 1. The van der Waals surface area contributed by atoms with Gasteiger partial charge in [0.15, 0.2) is 5.78 Å². The van der Waals surface area contributed by atoms with E-state index in [-0.39, 0.29) is 24.8 Å². The van der Waals surface area contributed by atoms with Crippen LogP contribution in [0.5, 0.6) is 0 Å². The van der Waals surface area contributed by atoms with E-state index in [0.717, 1.165) is 21.6 Å². The molecule has 0 bridgehead atoms. The molecule has 0 N–H and O–H groups in total. The van der Waals surface area contributed by atoms with E-state index in [2.05, 4.69) is 0 Å². The molecule has 1 heterocycles. The van der Waals surface area contributed by atoms with E-state index in [1.54, 1.807) is 7.05 Å². The summed E-state index contributed by atoms with van der Waals surface area (Å²) in [5.74, 6) is -0.532. The molecule has 0 aromatic heterocycles. The smallest absolute Gasteiger partial charge is 0.318 e. The molecule has 3 amide bonds. The summed E-state index contributed by atoms with van der Waals surface area (Å²) in [4.78, 5) is 38.1. The average Bonchev–Trinajstić information content (AvgIpc) is 2.60. The molecule has 1 aliphatic rings. The van der Waals surface area contributed by atoms with E-state index in [9.17, 15) is 14.4 Å². The lowest BCUT2D eigenvalue weighted by Crippen LogP contribution is -2.36. The zero-order valence-electron chi connectivity index (χ0n) is 12.2. The van der Waals surface area contributed by atoms with Gasteiger partial charge in [0.2, 0.25) is 0 Å². The lowest BCUT2D eigenvalue weighted by atomic mass is 9.98. The quantitative estimate of drug-likeness (QED) is 0.622. The number of benzene rings is 1. The number of hydrogen-bond donors (Lipinski definition) is 0. The van der Waals surface area contributed by atoms with Crippen molar-refractivity contribution in [2.75, 3.05) is 20.1 Å². The number of carbonyl (C=O) groups is 3. The lowest BCUT2D eigenvalue weighted by Gasteiger charge is -2.15. The highest BCUT2D eigenvalue weighted by atomic mass is 16.2. The number of amides is 3. The van der Waals surface area contributed by atoms with Crippen LogP contribution in [0.4, 0.5) is 4.79 Å². The van der Waals surface area contributed by atoms with Crippen molar-refractivity contribution in [3.63, 3.8) is 0 Å². The Morgan fingerprint density at radius 1 is 1.10 bits per heavy atom. The van der Waals surface area contributed by atoms with Crippen LogP contribution in [0.2, 0.25) is 0 Å². The molecular weight excluding hydrogens is 256 g/mol. The predicted octanol–water partition coefficient (Wildman–Crippen LogP) is 1.69. The fourth-order valence-corrected chi connectivity index (χ4v) is 2.31. The van der Waals surface area contributed by atoms with E-state index >= 15 is 0 Å². The van der Waals surface area contributed by atoms with Gasteiger partial charge >= 0.3 is 6.03 Å². The van der Waals surface area contributed by atoms with Crippen LogP contribution >= 0.6 is 0 Å². The molecule has 106 valence electrons. The van der Waals surface area contributed by atoms with Crippen molar-refractivity contribution in [3.05, 3.63) is 34.4 Å². The first-order chi connectivity index (χ1) is 9.31. The Morgan fingerprint density at radius 3 is 2.25 bits per heavy atom. The summed E-state index contributed by atoms with van der Waals surface area (Å²) < 4.78 is 0. The summed E-state index contributed by atoms with van der Waals surface area (Å²) in [5, 5.41) is 0. The van der Waals surface area contributed by atoms with Gasteiger partial charge in [-0.3, -0.25) is 14.5 Å². The zero-order valence-corrected chi connectivity index (χ0v) is 12.2. The van der Waals surface area contributed by atoms with Gasteiger partial charge < -0.3 is 4.90 Å². The van der Waals surface area contributed by atoms with Gasteiger partial charge in [-0.05, 0) is 43.5 Å². The molecule has 0 unspecified atom stereocenters. The van der Waals surface area contributed by atoms with Crippen molar-refractivity contribution in [1.29, 1.82) is 0 Å². The highest BCUT2D eigenvalue weighted by Gasteiger charge is 2.35. The molecule has 1 aliphatic heterocycles. The molecule has 5 nitrogen and oxygen atoms in total. The Morgan fingerprint density at radius 2 is 1.70 bits per heavy atom. The predicted molar refractivity (Wildman–Crippen MR) is 74.7 cm³/mol. The zero-order chi connectivity index (χ0) is 15.0. The Kier molecular flexibility index (Phi) is 3.61.